The number of rotatable bonds is 6. The van der Waals surface area contributed by atoms with E-state index in [1.807, 2.05) is 6.07 Å². The molecular weight excluding hydrogens is 275 g/mol. The van der Waals surface area contributed by atoms with Gasteiger partial charge in [0, 0.05) is 12.1 Å². The summed E-state index contributed by atoms with van der Waals surface area (Å²) >= 11 is 0. The average Bonchev–Trinajstić information content (AvgIpc) is 2.35. The number of aliphatic carboxylic acids is 1. The topological polar surface area (TPSA) is 78.4 Å². The van der Waals surface area contributed by atoms with Crippen molar-refractivity contribution >= 4 is 12.0 Å². The van der Waals surface area contributed by atoms with Gasteiger partial charge in [-0.3, -0.25) is 4.79 Å². The van der Waals surface area contributed by atoms with Gasteiger partial charge < -0.3 is 15.7 Å². The number of hydrogen-bond acceptors (Lipinski definition) is 2. The van der Waals surface area contributed by atoms with Gasteiger partial charge in [0.25, 0.3) is 0 Å². The molecule has 0 aliphatic heterocycles. The van der Waals surface area contributed by atoms with Crippen LogP contribution in [0.2, 0.25) is 0 Å². The van der Waals surface area contributed by atoms with Crippen LogP contribution in [-0.4, -0.2) is 29.2 Å². The van der Waals surface area contributed by atoms with E-state index in [0.717, 1.165) is 24.8 Å². The molecule has 21 heavy (non-hydrogen) atoms. The molecule has 1 aromatic rings. The fourth-order valence-corrected chi connectivity index (χ4v) is 2.56. The molecule has 1 aliphatic rings. The molecule has 1 fully saturated rings. The minimum absolute atomic E-state index is 0.0945. The first-order chi connectivity index (χ1) is 9.99. The van der Waals surface area contributed by atoms with E-state index in [-0.39, 0.29) is 30.4 Å². The van der Waals surface area contributed by atoms with Crippen molar-refractivity contribution in [2.24, 2.45) is 0 Å². The van der Waals surface area contributed by atoms with Crippen molar-refractivity contribution in [2.45, 2.75) is 37.6 Å². The predicted octanol–water partition coefficient (Wildman–Crippen LogP) is 2.06. The average molecular weight is 294 g/mol. The number of carboxylic acid groups (broad SMARTS) is 1. The minimum Gasteiger partial charge on any atom is -0.481 e. The Morgan fingerprint density at radius 1 is 1.33 bits per heavy atom. The molecule has 1 aliphatic carbocycles. The maximum absolute atomic E-state index is 13.2. The highest BCUT2D eigenvalue weighted by Gasteiger charge is 2.38. The van der Waals surface area contributed by atoms with Gasteiger partial charge in [-0.15, -0.1) is 0 Å². The molecule has 114 valence electrons. The van der Waals surface area contributed by atoms with Crippen molar-refractivity contribution in [2.75, 3.05) is 6.54 Å². The van der Waals surface area contributed by atoms with Crippen LogP contribution in [0.3, 0.4) is 0 Å². The van der Waals surface area contributed by atoms with Crippen LogP contribution in [0, 0.1) is 5.82 Å². The second-order valence-corrected chi connectivity index (χ2v) is 5.47. The van der Waals surface area contributed by atoms with E-state index in [1.165, 1.54) is 12.1 Å². The lowest BCUT2D eigenvalue weighted by Crippen LogP contribution is -2.57. The quantitative estimate of drug-likeness (QED) is 0.751. The lowest BCUT2D eigenvalue weighted by Gasteiger charge is -2.42. The third-order valence-electron chi connectivity index (χ3n) is 3.75. The Labute approximate surface area is 122 Å². The number of amides is 2. The zero-order valence-electron chi connectivity index (χ0n) is 11.7. The number of nitrogens with one attached hydrogen (secondary N) is 2. The Hall–Kier alpha value is -2.11. The van der Waals surface area contributed by atoms with Gasteiger partial charge in [-0.05, 0) is 43.4 Å². The van der Waals surface area contributed by atoms with E-state index in [0.29, 0.717) is 6.42 Å². The molecule has 6 heteroatoms. The predicted molar refractivity (Wildman–Crippen MR) is 75.5 cm³/mol. The van der Waals surface area contributed by atoms with Crippen LogP contribution >= 0.6 is 0 Å². The zero-order chi connectivity index (χ0) is 15.3. The minimum atomic E-state index is -0.951. The van der Waals surface area contributed by atoms with E-state index in [9.17, 15) is 14.0 Å². The molecule has 1 saturated carbocycles. The maximum atomic E-state index is 13.2. The SMILES string of the molecule is O=C(O)CCNC(=O)NC1(Cc2cccc(F)c2)CCC1. The number of carbonyl (C=O) groups excluding carboxylic acids is 1. The van der Waals surface area contributed by atoms with Crippen molar-refractivity contribution < 1.29 is 19.1 Å². The molecular formula is C15H19FN2O3. The molecule has 0 saturated heterocycles. The Kier molecular flexibility index (Phi) is 4.77. The summed E-state index contributed by atoms with van der Waals surface area (Å²) in [4.78, 5) is 22.2. The van der Waals surface area contributed by atoms with Crippen LogP contribution < -0.4 is 10.6 Å². The zero-order valence-corrected chi connectivity index (χ0v) is 11.7. The summed E-state index contributed by atoms with van der Waals surface area (Å²) in [6.45, 7) is 0.0945. The summed E-state index contributed by atoms with van der Waals surface area (Å²) in [5, 5.41) is 14.0. The number of halogens is 1. The highest BCUT2D eigenvalue weighted by Crippen LogP contribution is 2.35. The van der Waals surface area contributed by atoms with E-state index in [2.05, 4.69) is 10.6 Å². The van der Waals surface area contributed by atoms with Crippen LogP contribution in [0.5, 0.6) is 0 Å². The molecule has 0 spiro atoms. The Morgan fingerprint density at radius 2 is 2.10 bits per heavy atom. The number of carbonyl (C=O) groups is 2. The largest absolute Gasteiger partial charge is 0.481 e. The van der Waals surface area contributed by atoms with Gasteiger partial charge in [-0.1, -0.05) is 12.1 Å². The normalized spacial score (nSPS) is 15.9. The van der Waals surface area contributed by atoms with Gasteiger partial charge in [0.05, 0.1) is 6.42 Å². The van der Waals surface area contributed by atoms with Crippen molar-refractivity contribution in [3.63, 3.8) is 0 Å². The first-order valence-electron chi connectivity index (χ1n) is 7.01. The fourth-order valence-electron chi connectivity index (χ4n) is 2.56. The lowest BCUT2D eigenvalue weighted by molar-refractivity contribution is -0.136. The molecule has 0 bridgehead atoms. The van der Waals surface area contributed by atoms with Crippen LogP contribution in [0.1, 0.15) is 31.2 Å². The summed E-state index contributed by atoms with van der Waals surface area (Å²) in [5.41, 5.74) is 0.502. The highest BCUT2D eigenvalue weighted by atomic mass is 19.1. The van der Waals surface area contributed by atoms with E-state index < -0.39 is 5.97 Å². The molecule has 0 unspecified atom stereocenters. The van der Waals surface area contributed by atoms with Crippen LogP contribution in [-0.2, 0) is 11.2 Å². The number of carboxylic acids is 1. The van der Waals surface area contributed by atoms with Crippen LogP contribution in [0.15, 0.2) is 24.3 Å². The van der Waals surface area contributed by atoms with Crippen molar-refractivity contribution in [3.05, 3.63) is 35.6 Å². The summed E-state index contributed by atoms with van der Waals surface area (Å²) in [5.74, 6) is -1.23. The van der Waals surface area contributed by atoms with E-state index >= 15 is 0 Å². The molecule has 1 aromatic carbocycles. The molecule has 0 radical (unpaired) electrons. The Balaban J connectivity index is 1.89. The summed E-state index contributed by atoms with van der Waals surface area (Å²) in [7, 11) is 0. The van der Waals surface area contributed by atoms with Crippen LogP contribution in [0.4, 0.5) is 9.18 Å². The van der Waals surface area contributed by atoms with E-state index in [4.69, 9.17) is 5.11 Å². The van der Waals surface area contributed by atoms with Gasteiger partial charge in [0.1, 0.15) is 5.82 Å². The smallest absolute Gasteiger partial charge is 0.315 e. The molecule has 3 N–H and O–H groups in total. The highest BCUT2D eigenvalue weighted by molar-refractivity contribution is 5.76. The molecule has 2 rings (SSSR count). The summed E-state index contributed by atoms with van der Waals surface area (Å²) in [6.07, 6.45) is 3.18. The number of urea groups is 1. The van der Waals surface area contributed by atoms with E-state index in [1.54, 1.807) is 6.07 Å². The van der Waals surface area contributed by atoms with Crippen LogP contribution in [0.25, 0.3) is 0 Å². The van der Waals surface area contributed by atoms with Gasteiger partial charge >= 0.3 is 12.0 Å². The molecule has 0 atom stereocenters. The fraction of sp³-hybridized carbons (Fsp3) is 0.467. The Morgan fingerprint density at radius 3 is 2.67 bits per heavy atom. The molecule has 2 amide bonds. The standard InChI is InChI=1S/C15H19FN2O3/c16-12-4-1-3-11(9-12)10-15(6-2-7-15)18-14(21)17-8-5-13(19)20/h1,3-4,9H,2,5-8,10H2,(H,19,20)(H2,17,18,21). The number of hydrogen-bond donors (Lipinski definition) is 3. The number of benzene rings is 1. The van der Waals surface area contributed by atoms with Crippen molar-refractivity contribution in [1.29, 1.82) is 0 Å². The van der Waals surface area contributed by atoms with Gasteiger partial charge in [-0.2, -0.15) is 0 Å². The second kappa shape index (κ2) is 6.56. The van der Waals surface area contributed by atoms with Gasteiger partial charge in [0.15, 0.2) is 0 Å². The second-order valence-electron chi connectivity index (χ2n) is 5.47. The monoisotopic (exact) mass is 294 g/mol. The lowest BCUT2D eigenvalue weighted by atomic mass is 9.73. The van der Waals surface area contributed by atoms with Gasteiger partial charge in [-0.25, -0.2) is 9.18 Å². The third kappa shape index (κ3) is 4.44. The summed E-state index contributed by atoms with van der Waals surface area (Å²) < 4.78 is 13.2. The van der Waals surface area contributed by atoms with Crippen molar-refractivity contribution in [3.8, 4) is 0 Å². The first-order valence-corrected chi connectivity index (χ1v) is 7.01. The Bertz CT molecular complexity index is 529. The molecule has 0 aromatic heterocycles. The molecule has 0 heterocycles. The van der Waals surface area contributed by atoms with Crippen molar-refractivity contribution in [1.82, 2.24) is 10.6 Å². The molecule has 5 nitrogen and oxygen atoms in total. The first kappa shape index (κ1) is 15.3. The maximum Gasteiger partial charge on any atom is 0.315 e. The van der Waals surface area contributed by atoms with Gasteiger partial charge in [0.2, 0.25) is 0 Å². The third-order valence-corrected chi connectivity index (χ3v) is 3.75. The summed E-state index contributed by atoms with van der Waals surface area (Å²) in [6, 6.07) is 6.00.